The third-order valence-corrected chi connectivity index (χ3v) is 3.84. The molecule has 0 aliphatic carbocycles. The van der Waals surface area contributed by atoms with Crippen LogP contribution in [0.4, 0.5) is 13.2 Å². The van der Waals surface area contributed by atoms with E-state index in [4.69, 9.17) is 4.84 Å². The van der Waals surface area contributed by atoms with Crippen LogP contribution in [0.2, 0.25) is 0 Å². The highest BCUT2D eigenvalue weighted by molar-refractivity contribution is 6.05. The van der Waals surface area contributed by atoms with Crippen molar-refractivity contribution in [3.63, 3.8) is 0 Å². The molecule has 0 unspecified atom stereocenters. The molecule has 1 aromatic heterocycles. The predicted octanol–water partition coefficient (Wildman–Crippen LogP) is 4.00. The summed E-state index contributed by atoms with van der Waals surface area (Å²) in [7, 11) is 0. The summed E-state index contributed by atoms with van der Waals surface area (Å²) in [5, 5.41) is 0. The number of nitrogens with zero attached hydrogens (tertiary/aromatic N) is 4. The largest absolute Gasteiger partial charge is 0.433 e. The standard InChI is InChI=1S/C20H22F3N5O/c1-19(2,3)29-27-18-24-13-28(12-14-8-5-4-6-9-14)17(26-18)15-10-7-11-16(25-15)20(21,22)23/h4-11H,12-13H2,1-3H3,(H,24,27). The van der Waals surface area contributed by atoms with Gasteiger partial charge >= 0.3 is 6.18 Å². The Bertz CT molecular complexity index is 904. The number of pyridine rings is 1. The predicted molar refractivity (Wildman–Crippen MR) is 104 cm³/mol. The van der Waals surface area contributed by atoms with Gasteiger partial charge < -0.3 is 4.90 Å². The number of guanidine groups is 1. The lowest BCUT2D eigenvalue weighted by atomic mass is 10.2. The van der Waals surface area contributed by atoms with Crippen LogP contribution in [0.1, 0.15) is 37.7 Å². The fourth-order valence-electron chi connectivity index (χ4n) is 2.54. The number of hydrogen-bond acceptors (Lipinski definition) is 6. The minimum atomic E-state index is -4.54. The molecule has 1 aliphatic rings. The van der Waals surface area contributed by atoms with E-state index in [9.17, 15) is 13.2 Å². The number of nitrogens with one attached hydrogen (secondary N) is 1. The molecule has 2 heterocycles. The Morgan fingerprint density at radius 3 is 2.41 bits per heavy atom. The number of benzene rings is 1. The van der Waals surface area contributed by atoms with E-state index in [0.717, 1.165) is 11.6 Å². The molecule has 1 aromatic carbocycles. The summed E-state index contributed by atoms with van der Waals surface area (Å²) in [5.74, 6) is 0.466. The molecule has 3 rings (SSSR count). The minimum Gasteiger partial charge on any atom is -0.331 e. The van der Waals surface area contributed by atoms with Gasteiger partial charge in [0.25, 0.3) is 0 Å². The summed E-state index contributed by atoms with van der Waals surface area (Å²) in [5.41, 5.74) is 2.30. The van der Waals surface area contributed by atoms with Gasteiger partial charge in [0.2, 0.25) is 5.96 Å². The highest BCUT2D eigenvalue weighted by Gasteiger charge is 2.33. The van der Waals surface area contributed by atoms with E-state index in [-0.39, 0.29) is 24.2 Å². The zero-order valence-electron chi connectivity index (χ0n) is 16.4. The van der Waals surface area contributed by atoms with Crippen molar-refractivity contribution >= 4 is 11.8 Å². The van der Waals surface area contributed by atoms with Crippen LogP contribution in [0.25, 0.3) is 0 Å². The van der Waals surface area contributed by atoms with E-state index in [1.165, 1.54) is 12.1 Å². The third-order valence-electron chi connectivity index (χ3n) is 3.84. The molecule has 0 atom stereocenters. The second kappa shape index (κ2) is 8.20. The Labute approximate surface area is 167 Å². The molecular formula is C20H22F3N5O. The summed E-state index contributed by atoms with van der Waals surface area (Å²) < 4.78 is 39.4. The molecule has 0 radical (unpaired) electrons. The van der Waals surface area contributed by atoms with Crippen molar-refractivity contribution < 1.29 is 18.0 Å². The number of halogens is 3. The quantitative estimate of drug-likeness (QED) is 0.782. The van der Waals surface area contributed by atoms with Crippen molar-refractivity contribution in [2.45, 2.75) is 39.1 Å². The number of amidine groups is 1. The van der Waals surface area contributed by atoms with Crippen molar-refractivity contribution in [3.05, 3.63) is 65.5 Å². The van der Waals surface area contributed by atoms with E-state index in [1.54, 1.807) is 4.90 Å². The number of aliphatic imine (C=N–C) groups is 2. The summed E-state index contributed by atoms with van der Waals surface area (Å²) >= 11 is 0. The lowest BCUT2D eigenvalue weighted by molar-refractivity contribution is -0.141. The molecular weight excluding hydrogens is 383 g/mol. The highest BCUT2D eigenvalue weighted by atomic mass is 19.4. The normalized spacial score (nSPS) is 15.0. The number of aromatic nitrogens is 1. The van der Waals surface area contributed by atoms with Crippen molar-refractivity contribution in [2.75, 3.05) is 6.67 Å². The molecule has 0 bridgehead atoms. The summed E-state index contributed by atoms with van der Waals surface area (Å²) in [6.07, 6.45) is -4.54. The van der Waals surface area contributed by atoms with Crippen LogP contribution in [0.3, 0.4) is 0 Å². The molecule has 9 heteroatoms. The Morgan fingerprint density at radius 2 is 1.76 bits per heavy atom. The maximum Gasteiger partial charge on any atom is 0.433 e. The molecule has 29 heavy (non-hydrogen) atoms. The van der Waals surface area contributed by atoms with Gasteiger partial charge in [0.15, 0.2) is 5.84 Å². The van der Waals surface area contributed by atoms with Crippen LogP contribution in [-0.4, -0.2) is 33.9 Å². The second-order valence-electron chi connectivity index (χ2n) is 7.46. The molecule has 0 saturated heterocycles. The van der Waals surface area contributed by atoms with Crippen molar-refractivity contribution in [2.24, 2.45) is 9.98 Å². The van der Waals surface area contributed by atoms with Crippen LogP contribution in [0.15, 0.2) is 58.5 Å². The highest BCUT2D eigenvalue weighted by Crippen LogP contribution is 2.28. The maximum atomic E-state index is 13.1. The first-order chi connectivity index (χ1) is 13.6. The van der Waals surface area contributed by atoms with E-state index in [2.05, 4.69) is 20.4 Å². The van der Waals surface area contributed by atoms with Crippen molar-refractivity contribution in [3.8, 4) is 0 Å². The van der Waals surface area contributed by atoms with Gasteiger partial charge in [0.05, 0.1) is 5.60 Å². The first-order valence-corrected chi connectivity index (χ1v) is 9.02. The third kappa shape index (κ3) is 5.77. The van der Waals surface area contributed by atoms with E-state index < -0.39 is 17.5 Å². The minimum absolute atomic E-state index is 0.112. The Hall–Kier alpha value is -2.94. The van der Waals surface area contributed by atoms with Gasteiger partial charge in [-0.1, -0.05) is 36.4 Å². The number of rotatable bonds is 4. The molecule has 1 aliphatic heterocycles. The SMILES string of the molecule is CC(C)(C)ONC1=NCN(Cc2ccccc2)C(c2cccc(C(F)(F)F)n2)=N1. The van der Waals surface area contributed by atoms with Gasteiger partial charge in [-0.15, -0.1) is 0 Å². The van der Waals surface area contributed by atoms with Crippen LogP contribution in [0, 0.1) is 0 Å². The summed E-state index contributed by atoms with van der Waals surface area (Å²) in [6.45, 7) is 6.17. The van der Waals surface area contributed by atoms with Crippen LogP contribution in [-0.2, 0) is 17.6 Å². The molecule has 0 amide bonds. The average Bonchev–Trinajstić information content (AvgIpc) is 2.67. The molecule has 1 N–H and O–H groups in total. The molecule has 2 aromatic rings. The van der Waals surface area contributed by atoms with Gasteiger partial charge in [0, 0.05) is 6.54 Å². The monoisotopic (exact) mass is 405 g/mol. The van der Waals surface area contributed by atoms with Crippen molar-refractivity contribution in [1.29, 1.82) is 0 Å². The summed E-state index contributed by atoms with van der Waals surface area (Å²) in [4.78, 5) is 19.7. The van der Waals surface area contributed by atoms with Crippen LogP contribution in [0.5, 0.6) is 0 Å². The number of hydrogen-bond donors (Lipinski definition) is 1. The molecule has 0 spiro atoms. The zero-order chi connectivity index (χ0) is 21.1. The maximum absolute atomic E-state index is 13.1. The van der Waals surface area contributed by atoms with E-state index >= 15 is 0 Å². The molecule has 154 valence electrons. The lowest BCUT2D eigenvalue weighted by Crippen LogP contribution is -2.41. The van der Waals surface area contributed by atoms with Gasteiger partial charge in [-0.05, 0) is 38.5 Å². The number of alkyl halides is 3. The van der Waals surface area contributed by atoms with E-state index in [1.807, 2.05) is 51.1 Å². The first-order valence-electron chi connectivity index (χ1n) is 9.02. The average molecular weight is 405 g/mol. The second-order valence-corrected chi connectivity index (χ2v) is 7.46. The Balaban J connectivity index is 1.93. The van der Waals surface area contributed by atoms with Gasteiger partial charge in [-0.3, -0.25) is 4.84 Å². The van der Waals surface area contributed by atoms with E-state index in [0.29, 0.717) is 6.54 Å². The fraction of sp³-hybridized carbons (Fsp3) is 0.350. The van der Waals surface area contributed by atoms with Crippen LogP contribution >= 0.6 is 0 Å². The first kappa shape index (κ1) is 20.8. The Kier molecular flexibility index (Phi) is 5.88. The lowest BCUT2D eigenvalue weighted by Gasteiger charge is -2.28. The summed E-state index contributed by atoms with van der Waals surface area (Å²) in [6, 6.07) is 13.3. The van der Waals surface area contributed by atoms with Crippen molar-refractivity contribution in [1.82, 2.24) is 15.4 Å². The molecule has 6 nitrogen and oxygen atoms in total. The molecule has 0 saturated carbocycles. The van der Waals surface area contributed by atoms with Gasteiger partial charge in [0.1, 0.15) is 18.1 Å². The zero-order valence-corrected chi connectivity index (χ0v) is 16.4. The fourth-order valence-corrected chi connectivity index (χ4v) is 2.54. The van der Waals surface area contributed by atoms with Gasteiger partial charge in [-0.25, -0.2) is 15.5 Å². The van der Waals surface area contributed by atoms with Crippen LogP contribution < -0.4 is 5.48 Å². The smallest absolute Gasteiger partial charge is 0.331 e. The topological polar surface area (TPSA) is 62.1 Å². The van der Waals surface area contributed by atoms with Gasteiger partial charge in [-0.2, -0.15) is 18.2 Å². The Morgan fingerprint density at radius 1 is 1.03 bits per heavy atom. The number of hydroxylamine groups is 1. The molecule has 0 fully saturated rings.